The standard InChI is InChI=1S/C27H23BrO8/c1-14-19(36-27(30)16-12-22(32-3)26(34-5)23(13-16)33-4)9-7-18-24(29)21(35-25(14)18)11-15-10-17(28)6-8-20(15)31-2/h6-13H,1-5H3/b21-11-. The first-order valence-corrected chi connectivity index (χ1v) is 11.5. The quantitative estimate of drug-likeness (QED) is 0.211. The van der Waals surface area contributed by atoms with E-state index in [4.69, 9.17) is 28.4 Å². The van der Waals surface area contributed by atoms with E-state index in [0.29, 0.717) is 45.4 Å². The van der Waals surface area contributed by atoms with Gasteiger partial charge in [0, 0.05) is 15.6 Å². The number of benzene rings is 3. The molecule has 0 fully saturated rings. The largest absolute Gasteiger partial charge is 0.496 e. The van der Waals surface area contributed by atoms with Crippen molar-refractivity contribution in [3.8, 4) is 34.5 Å². The van der Waals surface area contributed by atoms with E-state index < -0.39 is 5.97 Å². The van der Waals surface area contributed by atoms with Crippen LogP contribution in [0.5, 0.6) is 34.5 Å². The molecule has 1 aliphatic rings. The SMILES string of the molecule is COc1ccc(Br)cc1/C=C1\Oc2c(ccc(OC(=O)c3cc(OC)c(OC)c(OC)c3)c2C)C1=O. The van der Waals surface area contributed by atoms with Crippen LogP contribution in [0.4, 0.5) is 0 Å². The first-order valence-electron chi connectivity index (χ1n) is 10.7. The van der Waals surface area contributed by atoms with Gasteiger partial charge < -0.3 is 28.4 Å². The zero-order chi connectivity index (χ0) is 26.0. The molecule has 3 aromatic carbocycles. The summed E-state index contributed by atoms with van der Waals surface area (Å²) >= 11 is 3.43. The maximum Gasteiger partial charge on any atom is 0.343 e. The van der Waals surface area contributed by atoms with Gasteiger partial charge in [-0.25, -0.2) is 4.79 Å². The number of rotatable bonds is 7. The van der Waals surface area contributed by atoms with Crippen molar-refractivity contribution in [2.24, 2.45) is 0 Å². The van der Waals surface area contributed by atoms with Crippen LogP contribution in [-0.2, 0) is 0 Å². The Balaban J connectivity index is 1.64. The summed E-state index contributed by atoms with van der Waals surface area (Å²) in [4.78, 5) is 26.0. The van der Waals surface area contributed by atoms with E-state index in [0.717, 1.165) is 4.47 Å². The van der Waals surface area contributed by atoms with Crippen LogP contribution in [0.25, 0.3) is 6.08 Å². The minimum atomic E-state index is -0.642. The second-order valence-corrected chi connectivity index (χ2v) is 8.61. The molecule has 3 aromatic rings. The number of hydrogen-bond donors (Lipinski definition) is 0. The third-order valence-electron chi connectivity index (χ3n) is 5.62. The molecule has 0 radical (unpaired) electrons. The molecule has 0 saturated heterocycles. The Bertz CT molecular complexity index is 1370. The molecule has 0 aromatic heterocycles. The molecule has 1 aliphatic heterocycles. The normalized spacial score (nSPS) is 13.2. The van der Waals surface area contributed by atoms with Gasteiger partial charge in [0.25, 0.3) is 0 Å². The van der Waals surface area contributed by atoms with Crippen molar-refractivity contribution in [1.29, 1.82) is 0 Å². The van der Waals surface area contributed by atoms with Gasteiger partial charge in [-0.1, -0.05) is 15.9 Å². The van der Waals surface area contributed by atoms with Crippen LogP contribution >= 0.6 is 15.9 Å². The fraction of sp³-hybridized carbons (Fsp3) is 0.185. The number of Topliss-reactive ketones (excluding diaryl/α,β-unsaturated/α-hetero) is 1. The summed E-state index contributed by atoms with van der Waals surface area (Å²) in [5, 5.41) is 0. The maximum absolute atomic E-state index is 13.0. The Morgan fingerprint density at radius 1 is 0.861 bits per heavy atom. The molecular weight excluding hydrogens is 532 g/mol. The number of halogens is 1. The predicted octanol–water partition coefficient (Wildman–Crippen LogP) is 5.63. The average Bonchev–Trinajstić information content (AvgIpc) is 3.20. The summed E-state index contributed by atoms with van der Waals surface area (Å²) < 4.78 is 33.7. The van der Waals surface area contributed by atoms with Crippen molar-refractivity contribution >= 4 is 33.8 Å². The van der Waals surface area contributed by atoms with Crippen LogP contribution in [0.2, 0.25) is 0 Å². The van der Waals surface area contributed by atoms with Crippen LogP contribution < -0.4 is 28.4 Å². The van der Waals surface area contributed by atoms with Crippen molar-refractivity contribution in [1.82, 2.24) is 0 Å². The molecule has 0 spiro atoms. The fourth-order valence-electron chi connectivity index (χ4n) is 3.80. The highest BCUT2D eigenvalue weighted by molar-refractivity contribution is 9.10. The van der Waals surface area contributed by atoms with Gasteiger partial charge in [-0.15, -0.1) is 0 Å². The van der Waals surface area contributed by atoms with Gasteiger partial charge in [-0.3, -0.25) is 4.79 Å². The number of carbonyl (C=O) groups is 2. The minimum absolute atomic E-state index is 0.137. The molecule has 0 amide bonds. The maximum atomic E-state index is 13.0. The molecule has 0 saturated carbocycles. The Hall–Kier alpha value is -3.98. The summed E-state index contributed by atoms with van der Waals surface area (Å²) in [7, 11) is 5.94. The van der Waals surface area contributed by atoms with Gasteiger partial charge in [0.15, 0.2) is 17.3 Å². The van der Waals surface area contributed by atoms with Crippen molar-refractivity contribution in [2.45, 2.75) is 6.92 Å². The van der Waals surface area contributed by atoms with E-state index in [2.05, 4.69) is 15.9 Å². The fourth-order valence-corrected chi connectivity index (χ4v) is 4.17. The highest BCUT2D eigenvalue weighted by Gasteiger charge is 2.31. The van der Waals surface area contributed by atoms with E-state index in [1.807, 2.05) is 12.1 Å². The molecule has 0 N–H and O–H groups in total. The topological polar surface area (TPSA) is 89.5 Å². The summed E-state index contributed by atoms with van der Waals surface area (Å²) in [5.41, 5.74) is 1.75. The lowest BCUT2D eigenvalue weighted by Gasteiger charge is -2.14. The van der Waals surface area contributed by atoms with E-state index in [-0.39, 0.29) is 22.9 Å². The van der Waals surface area contributed by atoms with E-state index >= 15 is 0 Å². The molecule has 0 aliphatic carbocycles. The molecule has 186 valence electrons. The Kier molecular flexibility index (Phi) is 7.21. The van der Waals surface area contributed by atoms with Crippen LogP contribution in [0.15, 0.2) is 52.7 Å². The Morgan fingerprint density at radius 2 is 1.50 bits per heavy atom. The number of ether oxygens (including phenoxy) is 6. The molecule has 0 bridgehead atoms. The molecule has 0 atom stereocenters. The number of methoxy groups -OCH3 is 4. The lowest BCUT2D eigenvalue weighted by Crippen LogP contribution is -2.10. The zero-order valence-electron chi connectivity index (χ0n) is 20.3. The van der Waals surface area contributed by atoms with Gasteiger partial charge in [0.05, 0.1) is 39.6 Å². The summed E-state index contributed by atoms with van der Waals surface area (Å²) in [5.74, 6) is 1.39. The molecular formula is C27H23BrO8. The van der Waals surface area contributed by atoms with Crippen LogP contribution in [0.1, 0.15) is 31.8 Å². The number of carbonyl (C=O) groups excluding carboxylic acids is 2. The summed E-state index contributed by atoms with van der Waals surface area (Å²) in [6.45, 7) is 1.71. The van der Waals surface area contributed by atoms with E-state index in [1.54, 1.807) is 38.3 Å². The van der Waals surface area contributed by atoms with Gasteiger partial charge in [0.2, 0.25) is 11.5 Å². The van der Waals surface area contributed by atoms with Crippen LogP contribution in [-0.4, -0.2) is 40.2 Å². The van der Waals surface area contributed by atoms with E-state index in [1.165, 1.54) is 33.5 Å². The first-order chi connectivity index (χ1) is 17.3. The van der Waals surface area contributed by atoms with Crippen molar-refractivity contribution in [2.75, 3.05) is 28.4 Å². The first kappa shape index (κ1) is 25.1. The van der Waals surface area contributed by atoms with Gasteiger partial charge in [-0.05, 0) is 55.5 Å². The summed E-state index contributed by atoms with van der Waals surface area (Å²) in [6.07, 6.45) is 1.62. The highest BCUT2D eigenvalue weighted by Crippen LogP contribution is 2.41. The number of hydrogen-bond acceptors (Lipinski definition) is 8. The van der Waals surface area contributed by atoms with E-state index in [9.17, 15) is 9.59 Å². The third kappa shape index (κ3) is 4.61. The zero-order valence-corrected chi connectivity index (χ0v) is 21.8. The van der Waals surface area contributed by atoms with Crippen molar-refractivity contribution < 1.29 is 38.0 Å². The Labute approximate surface area is 216 Å². The number of allylic oxidation sites excluding steroid dienone is 1. The number of ketones is 1. The van der Waals surface area contributed by atoms with Crippen LogP contribution in [0.3, 0.4) is 0 Å². The molecule has 1 heterocycles. The second kappa shape index (κ2) is 10.3. The second-order valence-electron chi connectivity index (χ2n) is 7.69. The predicted molar refractivity (Wildman–Crippen MR) is 136 cm³/mol. The van der Waals surface area contributed by atoms with Gasteiger partial charge >= 0.3 is 5.97 Å². The molecule has 4 rings (SSSR count). The molecule has 0 unspecified atom stereocenters. The number of esters is 1. The van der Waals surface area contributed by atoms with Crippen molar-refractivity contribution in [3.63, 3.8) is 0 Å². The number of fused-ring (bicyclic) bond motifs is 1. The van der Waals surface area contributed by atoms with Crippen molar-refractivity contribution in [3.05, 3.63) is 75.0 Å². The highest BCUT2D eigenvalue weighted by atomic mass is 79.9. The summed E-state index contributed by atoms with van der Waals surface area (Å²) in [6, 6.07) is 11.6. The molecule has 8 nitrogen and oxygen atoms in total. The lowest BCUT2D eigenvalue weighted by atomic mass is 10.1. The third-order valence-corrected chi connectivity index (χ3v) is 6.11. The van der Waals surface area contributed by atoms with Gasteiger partial charge in [0.1, 0.15) is 17.2 Å². The Morgan fingerprint density at radius 3 is 2.11 bits per heavy atom. The minimum Gasteiger partial charge on any atom is -0.496 e. The molecule has 9 heteroatoms. The molecule has 36 heavy (non-hydrogen) atoms. The average molecular weight is 555 g/mol. The van der Waals surface area contributed by atoms with Gasteiger partial charge in [-0.2, -0.15) is 0 Å². The smallest absolute Gasteiger partial charge is 0.343 e. The van der Waals surface area contributed by atoms with Crippen LogP contribution in [0, 0.1) is 6.92 Å². The lowest BCUT2D eigenvalue weighted by molar-refractivity contribution is 0.0732. The monoisotopic (exact) mass is 554 g/mol.